The number of aryl methyl sites for hydroxylation is 1. The highest BCUT2D eigenvalue weighted by molar-refractivity contribution is 7.98. The van der Waals surface area contributed by atoms with Gasteiger partial charge in [-0.1, -0.05) is 36.4 Å². The largest absolute Gasteiger partial charge is 0.497 e. The molecule has 2 heterocycles. The second-order valence-corrected chi connectivity index (χ2v) is 10.4. The molecule has 0 spiro atoms. The van der Waals surface area contributed by atoms with Crippen LogP contribution in [0.5, 0.6) is 5.75 Å². The number of nitrogens with one attached hydrogen (secondary N) is 1. The SMILES string of the molecule is CCNC(=O)C[C@@H]1N=C(c2ccc(SCc3ccccc3B(O)O)cc2)c2cc(OC)ccc2-n2c(C)nnc21. The Bertz CT molecular complexity index is 1550. The summed E-state index contributed by atoms with van der Waals surface area (Å²) < 4.78 is 7.51. The minimum Gasteiger partial charge on any atom is -0.497 e. The van der Waals surface area contributed by atoms with E-state index in [1.54, 1.807) is 31.0 Å². The fraction of sp³-hybridized carbons (Fsp3) is 0.241. The van der Waals surface area contributed by atoms with Crippen molar-refractivity contribution in [2.75, 3.05) is 13.7 Å². The van der Waals surface area contributed by atoms with E-state index in [0.717, 1.165) is 33.0 Å². The molecule has 11 heteroatoms. The van der Waals surface area contributed by atoms with Gasteiger partial charge in [0, 0.05) is 28.3 Å². The molecule has 0 unspecified atom stereocenters. The molecule has 40 heavy (non-hydrogen) atoms. The monoisotopic (exact) mass is 555 g/mol. The molecule has 0 saturated heterocycles. The first-order valence-electron chi connectivity index (χ1n) is 13.0. The highest BCUT2D eigenvalue weighted by atomic mass is 32.2. The molecular weight excluding hydrogens is 525 g/mol. The predicted octanol–water partition coefficient (Wildman–Crippen LogP) is 2.97. The topological polar surface area (TPSA) is 122 Å². The van der Waals surface area contributed by atoms with E-state index in [1.807, 2.05) is 73.0 Å². The van der Waals surface area contributed by atoms with Crippen LogP contribution in [-0.4, -0.2) is 57.2 Å². The van der Waals surface area contributed by atoms with E-state index in [1.165, 1.54) is 0 Å². The van der Waals surface area contributed by atoms with Crippen molar-refractivity contribution in [1.82, 2.24) is 20.1 Å². The number of amides is 1. The molecule has 204 valence electrons. The molecule has 9 nitrogen and oxygen atoms in total. The van der Waals surface area contributed by atoms with Crippen LogP contribution in [0.25, 0.3) is 5.69 Å². The molecule has 3 N–H and O–H groups in total. The molecule has 1 amide bonds. The lowest BCUT2D eigenvalue weighted by Gasteiger charge is -2.14. The maximum atomic E-state index is 12.7. The standard InChI is InChI=1S/C29H30BN5O4S/c1-4-31-27(36)16-25-29-34-33-18(2)35(29)26-14-11-21(39-3)15-23(26)28(32-25)19-9-12-22(13-10-19)40-17-20-7-5-6-8-24(20)30(37)38/h5-15,25,37-38H,4,16-17H2,1-3H3,(H,31,36)/t25-/m0/s1. The van der Waals surface area contributed by atoms with Crippen molar-refractivity contribution in [2.24, 2.45) is 4.99 Å². The number of aromatic nitrogens is 3. The third-order valence-corrected chi connectivity index (χ3v) is 7.80. The van der Waals surface area contributed by atoms with E-state index >= 15 is 0 Å². The normalized spacial score (nSPS) is 14.0. The minimum absolute atomic E-state index is 0.105. The van der Waals surface area contributed by atoms with Crippen LogP contribution < -0.4 is 15.5 Å². The van der Waals surface area contributed by atoms with Crippen molar-refractivity contribution in [3.63, 3.8) is 0 Å². The number of fused-ring (bicyclic) bond motifs is 3. The van der Waals surface area contributed by atoms with Crippen molar-refractivity contribution in [2.45, 2.75) is 37.0 Å². The van der Waals surface area contributed by atoms with Crippen LogP contribution in [0.4, 0.5) is 0 Å². The first-order valence-corrected chi connectivity index (χ1v) is 14.0. The third kappa shape index (κ3) is 5.67. The fourth-order valence-corrected chi connectivity index (χ4v) is 5.72. The number of nitrogens with zero attached hydrogens (tertiary/aromatic N) is 4. The summed E-state index contributed by atoms with van der Waals surface area (Å²) in [7, 11) is 0.119. The van der Waals surface area contributed by atoms with Gasteiger partial charge in [-0.2, -0.15) is 0 Å². The number of aliphatic imine (C=N–C) groups is 1. The van der Waals surface area contributed by atoms with Crippen LogP contribution in [0.1, 0.15) is 47.7 Å². The number of rotatable bonds is 9. The molecule has 1 aromatic heterocycles. The third-order valence-electron chi connectivity index (χ3n) is 6.74. The zero-order chi connectivity index (χ0) is 28.2. The van der Waals surface area contributed by atoms with Crippen LogP contribution in [0.15, 0.2) is 76.6 Å². The van der Waals surface area contributed by atoms with Gasteiger partial charge in [0.15, 0.2) is 5.82 Å². The molecule has 5 rings (SSSR count). The number of hydrogen-bond acceptors (Lipinski definition) is 8. The van der Waals surface area contributed by atoms with E-state index in [-0.39, 0.29) is 12.3 Å². The average Bonchev–Trinajstić information content (AvgIpc) is 3.29. The molecule has 0 radical (unpaired) electrons. The van der Waals surface area contributed by atoms with Crippen LogP contribution in [-0.2, 0) is 10.5 Å². The second kappa shape index (κ2) is 12.1. The van der Waals surface area contributed by atoms with Crippen molar-refractivity contribution < 1.29 is 19.6 Å². The summed E-state index contributed by atoms with van der Waals surface area (Å²) in [6, 6.07) is 20.7. The van der Waals surface area contributed by atoms with Gasteiger partial charge in [-0.15, -0.1) is 22.0 Å². The smallest absolute Gasteiger partial charge is 0.488 e. The maximum Gasteiger partial charge on any atom is 0.488 e. The van der Waals surface area contributed by atoms with Gasteiger partial charge >= 0.3 is 7.12 Å². The maximum absolute atomic E-state index is 12.7. The second-order valence-electron chi connectivity index (χ2n) is 9.36. The molecular formula is C29H30BN5O4S. The number of ether oxygens (including phenoxy) is 1. The number of thioether (sulfide) groups is 1. The Labute approximate surface area is 237 Å². The van der Waals surface area contributed by atoms with Gasteiger partial charge in [-0.05, 0) is 55.2 Å². The quantitative estimate of drug-likeness (QED) is 0.215. The van der Waals surface area contributed by atoms with Crippen LogP contribution in [0.3, 0.4) is 0 Å². The van der Waals surface area contributed by atoms with Crippen molar-refractivity contribution in [3.05, 3.63) is 95.1 Å². The number of carbonyl (C=O) groups is 1. The molecule has 3 aromatic carbocycles. The summed E-state index contributed by atoms with van der Waals surface area (Å²) in [4.78, 5) is 18.8. The van der Waals surface area contributed by atoms with Crippen LogP contribution in [0.2, 0.25) is 0 Å². The molecule has 1 aliphatic rings. The van der Waals surface area contributed by atoms with Crippen molar-refractivity contribution in [3.8, 4) is 11.4 Å². The molecule has 0 bridgehead atoms. The van der Waals surface area contributed by atoms with Gasteiger partial charge in [0.25, 0.3) is 0 Å². The average molecular weight is 555 g/mol. The lowest BCUT2D eigenvalue weighted by atomic mass is 9.77. The zero-order valence-corrected chi connectivity index (χ0v) is 23.4. The van der Waals surface area contributed by atoms with E-state index in [9.17, 15) is 14.8 Å². The summed E-state index contributed by atoms with van der Waals surface area (Å²) in [5.74, 6) is 2.50. The highest BCUT2D eigenvalue weighted by Crippen LogP contribution is 2.34. The van der Waals surface area contributed by atoms with E-state index in [0.29, 0.717) is 35.2 Å². The Morgan fingerprint density at radius 3 is 2.60 bits per heavy atom. The minimum atomic E-state index is -1.51. The van der Waals surface area contributed by atoms with Gasteiger partial charge in [0.1, 0.15) is 17.6 Å². The van der Waals surface area contributed by atoms with E-state index in [2.05, 4.69) is 15.5 Å². The van der Waals surface area contributed by atoms with Gasteiger partial charge in [0.05, 0.1) is 24.9 Å². The van der Waals surface area contributed by atoms with Crippen LogP contribution in [0, 0.1) is 6.92 Å². The lowest BCUT2D eigenvalue weighted by Crippen LogP contribution is -2.32. The fourth-order valence-electron chi connectivity index (χ4n) is 4.80. The van der Waals surface area contributed by atoms with Gasteiger partial charge in [-0.3, -0.25) is 14.4 Å². The van der Waals surface area contributed by atoms with Crippen LogP contribution >= 0.6 is 11.8 Å². The predicted molar refractivity (Wildman–Crippen MR) is 157 cm³/mol. The molecule has 0 saturated carbocycles. The van der Waals surface area contributed by atoms with Gasteiger partial charge in [-0.25, -0.2) is 0 Å². The summed E-state index contributed by atoms with van der Waals surface area (Å²) in [5, 5.41) is 31.0. The summed E-state index contributed by atoms with van der Waals surface area (Å²) in [6.07, 6.45) is 0.144. The Hall–Kier alpha value is -3.93. The van der Waals surface area contributed by atoms with E-state index in [4.69, 9.17) is 9.73 Å². The molecule has 1 aliphatic heterocycles. The Morgan fingerprint density at radius 1 is 1.10 bits per heavy atom. The zero-order valence-electron chi connectivity index (χ0n) is 22.5. The van der Waals surface area contributed by atoms with Gasteiger partial charge in [0.2, 0.25) is 5.91 Å². The van der Waals surface area contributed by atoms with E-state index < -0.39 is 13.2 Å². The summed E-state index contributed by atoms with van der Waals surface area (Å²) in [5.41, 5.74) is 4.72. The Balaban J connectivity index is 1.52. The number of methoxy groups -OCH3 is 1. The Morgan fingerprint density at radius 2 is 1.88 bits per heavy atom. The molecule has 0 aliphatic carbocycles. The summed E-state index contributed by atoms with van der Waals surface area (Å²) in [6.45, 7) is 4.31. The number of hydrogen-bond donors (Lipinski definition) is 3. The first-order chi connectivity index (χ1) is 19.4. The molecule has 0 fully saturated rings. The molecule has 1 atom stereocenters. The van der Waals surface area contributed by atoms with Crippen molar-refractivity contribution >= 4 is 36.0 Å². The number of benzene rings is 3. The lowest BCUT2D eigenvalue weighted by molar-refractivity contribution is -0.121. The Kier molecular flexibility index (Phi) is 8.34. The highest BCUT2D eigenvalue weighted by Gasteiger charge is 2.30. The summed E-state index contributed by atoms with van der Waals surface area (Å²) >= 11 is 1.61. The van der Waals surface area contributed by atoms with Gasteiger partial charge < -0.3 is 20.1 Å². The number of carbonyl (C=O) groups excluding carboxylic acids is 1. The first kappa shape index (κ1) is 27.6. The molecule has 4 aromatic rings. The van der Waals surface area contributed by atoms with Crippen molar-refractivity contribution in [1.29, 1.82) is 0 Å².